The molecule has 1 N–H and O–H groups in total. The topological polar surface area (TPSA) is 46.5 Å². The van der Waals surface area contributed by atoms with Crippen molar-refractivity contribution in [1.29, 1.82) is 0 Å². The van der Waals surface area contributed by atoms with Crippen LogP contribution in [0.1, 0.15) is 27.2 Å². The second-order valence-electron chi connectivity index (χ2n) is 6.51. The SMILES string of the molecule is CC(C)(C)C(=O)OC[C@@H](O)C/C=C\[Si](C)(C)C. The molecular formula is C13H26O3Si. The Kier molecular flexibility index (Phi) is 6.13. The first-order valence-electron chi connectivity index (χ1n) is 6.05. The Morgan fingerprint density at radius 1 is 1.35 bits per heavy atom. The van der Waals surface area contributed by atoms with E-state index in [-0.39, 0.29) is 12.6 Å². The third-order valence-electron chi connectivity index (χ3n) is 2.05. The van der Waals surface area contributed by atoms with Gasteiger partial charge in [-0.25, -0.2) is 0 Å². The van der Waals surface area contributed by atoms with Gasteiger partial charge in [0.25, 0.3) is 0 Å². The molecule has 3 nitrogen and oxygen atoms in total. The highest BCUT2D eigenvalue weighted by Gasteiger charge is 2.23. The Balaban J connectivity index is 3.93. The quantitative estimate of drug-likeness (QED) is 0.609. The summed E-state index contributed by atoms with van der Waals surface area (Å²) in [6, 6.07) is 0. The maximum Gasteiger partial charge on any atom is 0.311 e. The van der Waals surface area contributed by atoms with Gasteiger partial charge in [-0.3, -0.25) is 4.79 Å². The Bertz CT molecular complexity index is 271. The van der Waals surface area contributed by atoms with Crippen molar-refractivity contribution < 1.29 is 14.6 Å². The van der Waals surface area contributed by atoms with E-state index in [0.29, 0.717) is 6.42 Å². The van der Waals surface area contributed by atoms with E-state index >= 15 is 0 Å². The highest BCUT2D eigenvalue weighted by Crippen LogP contribution is 2.15. The molecule has 0 fully saturated rings. The number of rotatable bonds is 5. The molecule has 17 heavy (non-hydrogen) atoms. The molecule has 0 saturated carbocycles. The molecule has 0 aromatic carbocycles. The van der Waals surface area contributed by atoms with Gasteiger partial charge in [-0.05, 0) is 27.2 Å². The molecule has 0 spiro atoms. The van der Waals surface area contributed by atoms with E-state index < -0.39 is 19.6 Å². The Hall–Kier alpha value is -0.613. The van der Waals surface area contributed by atoms with Crippen LogP contribution in [0.3, 0.4) is 0 Å². The highest BCUT2D eigenvalue weighted by molar-refractivity contribution is 6.80. The second kappa shape index (κ2) is 6.35. The van der Waals surface area contributed by atoms with Crippen molar-refractivity contribution in [3.05, 3.63) is 11.8 Å². The molecule has 0 aliphatic heterocycles. The van der Waals surface area contributed by atoms with Gasteiger partial charge in [-0.15, -0.1) is 0 Å². The molecule has 0 aliphatic rings. The average Bonchev–Trinajstić information content (AvgIpc) is 2.10. The van der Waals surface area contributed by atoms with Crippen molar-refractivity contribution in [3.8, 4) is 0 Å². The second-order valence-corrected chi connectivity index (χ2v) is 11.6. The van der Waals surface area contributed by atoms with Crippen LogP contribution < -0.4 is 0 Å². The van der Waals surface area contributed by atoms with Crippen molar-refractivity contribution in [2.24, 2.45) is 5.41 Å². The lowest BCUT2D eigenvalue weighted by Crippen LogP contribution is -2.27. The summed E-state index contributed by atoms with van der Waals surface area (Å²) >= 11 is 0. The van der Waals surface area contributed by atoms with Gasteiger partial charge in [-0.2, -0.15) is 0 Å². The number of ether oxygens (including phenoxy) is 1. The average molecular weight is 258 g/mol. The van der Waals surface area contributed by atoms with Crippen LogP contribution in [0.25, 0.3) is 0 Å². The van der Waals surface area contributed by atoms with Gasteiger partial charge >= 0.3 is 5.97 Å². The van der Waals surface area contributed by atoms with Gasteiger partial charge < -0.3 is 9.84 Å². The maximum absolute atomic E-state index is 11.5. The first-order valence-corrected chi connectivity index (χ1v) is 9.63. The number of hydrogen-bond acceptors (Lipinski definition) is 3. The summed E-state index contributed by atoms with van der Waals surface area (Å²) in [5.41, 5.74) is 1.68. The van der Waals surface area contributed by atoms with Crippen molar-refractivity contribution in [3.63, 3.8) is 0 Å². The fourth-order valence-corrected chi connectivity index (χ4v) is 1.88. The van der Waals surface area contributed by atoms with E-state index in [0.717, 1.165) is 0 Å². The molecule has 0 aliphatic carbocycles. The van der Waals surface area contributed by atoms with E-state index in [9.17, 15) is 9.90 Å². The summed E-state index contributed by atoms with van der Waals surface area (Å²) in [5.74, 6) is -0.272. The molecule has 0 rings (SSSR count). The van der Waals surface area contributed by atoms with Gasteiger partial charge in [0, 0.05) is 0 Å². The van der Waals surface area contributed by atoms with Crippen LogP contribution in [-0.2, 0) is 9.53 Å². The predicted octanol–water partition coefficient (Wildman–Crippen LogP) is 2.76. The van der Waals surface area contributed by atoms with Crippen LogP contribution in [-0.4, -0.2) is 31.9 Å². The smallest absolute Gasteiger partial charge is 0.311 e. The molecule has 0 aromatic heterocycles. The summed E-state index contributed by atoms with van der Waals surface area (Å²) in [6.45, 7) is 12.2. The summed E-state index contributed by atoms with van der Waals surface area (Å²) in [4.78, 5) is 11.5. The monoisotopic (exact) mass is 258 g/mol. The van der Waals surface area contributed by atoms with Crippen LogP contribution in [0.2, 0.25) is 19.6 Å². The maximum atomic E-state index is 11.5. The van der Waals surface area contributed by atoms with Crippen molar-refractivity contribution in [1.82, 2.24) is 0 Å². The van der Waals surface area contributed by atoms with Crippen LogP contribution in [0, 0.1) is 5.41 Å². The summed E-state index contributed by atoms with van der Waals surface area (Å²) in [7, 11) is -1.20. The van der Waals surface area contributed by atoms with Gasteiger partial charge in [0.2, 0.25) is 0 Å². The van der Waals surface area contributed by atoms with Crippen molar-refractivity contribution in [2.75, 3.05) is 6.61 Å². The minimum atomic E-state index is -1.20. The van der Waals surface area contributed by atoms with E-state index in [4.69, 9.17) is 4.74 Å². The standard InChI is InChI=1S/C13H26O3Si/c1-13(2,3)12(15)16-10-11(14)8-7-9-17(4,5)6/h7,9,11,14H,8,10H2,1-6H3/b9-7-/t11-/m0/s1. The number of aliphatic hydroxyl groups is 1. The molecule has 0 amide bonds. The van der Waals surface area contributed by atoms with Crippen molar-refractivity contribution >= 4 is 14.0 Å². The van der Waals surface area contributed by atoms with Crippen LogP contribution in [0.5, 0.6) is 0 Å². The summed E-state index contributed by atoms with van der Waals surface area (Å²) in [5, 5.41) is 9.65. The zero-order chi connectivity index (χ0) is 13.7. The van der Waals surface area contributed by atoms with E-state index in [1.54, 1.807) is 20.8 Å². The van der Waals surface area contributed by atoms with Gasteiger partial charge in [-0.1, -0.05) is 31.4 Å². The van der Waals surface area contributed by atoms with Crippen LogP contribution >= 0.6 is 0 Å². The number of hydrogen-bond donors (Lipinski definition) is 1. The lowest BCUT2D eigenvalue weighted by Gasteiger charge is -2.18. The predicted molar refractivity (Wildman–Crippen MR) is 73.5 cm³/mol. The molecule has 0 radical (unpaired) electrons. The van der Waals surface area contributed by atoms with Gasteiger partial charge in [0.15, 0.2) is 0 Å². The normalized spacial score (nSPS) is 15.0. The zero-order valence-corrected chi connectivity index (χ0v) is 12.9. The Morgan fingerprint density at radius 2 is 1.88 bits per heavy atom. The van der Waals surface area contributed by atoms with Gasteiger partial charge in [0.05, 0.1) is 19.6 Å². The summed E-state index contributed by atoms with van der Waals surface area (Å²) < 4.78 is 5.04. The van der Waals surface area contributed by atoms with Crippen LogP contribution in [0.4, 0.5) is 0 Å². The minimum absolute atomic E-state index is 0.0755. The lowest BCUT2D eigenvalue weighted by molar-refractivity contribution is -0.155. The van der Waals surface area contributed by atoms with E-state index in [1.807, 2.05) is 6.08 Å². The molecule has 0 unspecified atom stereocenters. The Labute approximate surface area is 106 Å². The Morgan fingerprint density at radius 3 is 2.29 bits per heavy atom. The molecule has 0 heterocycles. The third kappa shape index (κ3) is 9.12. The molecule has 4 heteroatoms. The van der Waals surface area contributed by atoms with E-state index in [1.165, 1.54) is 0 Å². The first kappa shape index (κ1) is 16.4. The number of aliphatic hydroxyl groups excluding tert-OH is 1. The van der Waals surface area contributed by atoms with Gasteiger partial charge in [0.1, 0.15) is 6.61 Å². The highest BCUT2D eigenvalue weighted by atomic mass is 28.3. The summed E-state index contributed by atoms with van der Waals surface area (Å²) in [6.07, 6.45) is 1.93. The first-order chi connectivity index (χ1) is 7.52. The number of carbonyl (C=O) groups is 1. The van der Waals surface area contributed by atoms with Crippen molar-refractivity contribution in [2.45, 2.75) is 52.9 Å². The van der Waals surface area contributed by atoms with E-state index in [2.05, 4.69) is 25.3 Å². The molecule has 100 valence electrons. The molecule has 0 aromatic rings. The largest absolute Gasteiger partial charge is 0.463 e. The number of carbonyl (C=O) groups excluding carboxylic acids is 1. The molecular weight excluding hydrogens is 232 g/mol. The third-order valence-corrected chi connectivity index (χ3v) is 3.28. The number of esters is 1. The molecule has 0 saturated heterocycles. The fourth-order valence-electron chi connectivity index (χ4n) is 1.04. The minimum Gasteiger partial charge on any atom is -0.463 e. The fraction of sp³-hybridized carbons (Fsp3) is 0.769. The molecule has 0 bridgehead atoms. The zero-order valence-electron chi connectivity index (χ0n) is 11.9. The van der Waals surface area contributed by atoms with Crippen LogP contribution in [0.15, 0.2) is 11.8 Å². The lowest BCUT2D eigenvalue weighted by atomic mass is 9.97. The molecule has 1 atom stereocenters.